The summed E-state index contributed by atoms with van der Waals surface area (Å²) in [6.07, 6.45) is 0. The number of hydrogen-bond donors (Lipinski definition) is 2. The smallest absolute Gasteiger partial charge is 0.251 e. The van der Waals surface area contributed by atoms with Gasteiger partial charge in [-0.2, -0.15) is 0 Å². The minimum Gasteiger partial charge on any atom is -0.508 e. The first kappa shape index (κ1) is 12.9. The van der Waals surface area contributed by atoms with Crippen molar-refractivity contribution in [3.8, 4) is 5.75 Å². The number of phenols is 1. The standard InChI is InChI=1S/C15H21NO2/c1-14(2)12(15(14,3)4)9-16-13(18)10-6-5-7-11(17)8-10/h5-8,12,17H,9H2,1-4H3,(H,16,18). The molecule has 0 unspecified atom stereocenters. The van der Waals surface area contributed by atoms with Gasteiger partial charge >= 0.3 is 0 Å². The number of carbonyl (C=O) groups is 1. The molecule has 1 aromatic rings. The number of carbonyl (C=O) groups excluding carboxylic acids is 1. The van der Waals surface area contributed by atoms with Gasteiger partial charge in [-0.05, 0) is 34.9 Å². The topological polar surface area (TPSA) is 49.3 Å². The van der Waals surface area contributed by atoms with Crippen LogP contribution in [0.4, 0.5) is 0 Å². The van der Waals surface area contributed by atoms with Crippen LogP contribution in [0.2, 0.25) is 0 Å². The molecule has 0 radical (unpaired) electrons. The van der Waals surface area contributed by atoms with Crippen LogP contribution in [-0.2, 0) is 0 Å². The van der Waals surface area contributed by atoms with E-state index >= 15 is 0 Å². The van der Waals surface area contributed by atoms with Crippen LogP contribution >= 0.6 is 0 Å². The molecule has 1 aromatic carbocycles. The van der Waals surface area contributed by atoms with Gasteiger partial charge < -0.3 is 10.4 Å². The zero-order valence-electron chi connectivity index (χ0n) is 11.4. The highest BCUT2D eigenvalue weighted by Crippen LogP contribution is 2.67. The predicted octanol–water partition coefficient (Wildman–Crippen LogP) is 2.80. The molecule has 0 heterocycles. The lowest BCUT2D eigenvalue weighted by molar-refractivity contribution is 0.0949. The summed E-state index contributed by atoms with van der Waals surface area (Å²) >= 11 is 0. The molecular formula is C15H21NO2. The third-order valence-corrected chi connectivity index (χ3v) is 4.89. The Hall–Kier alpha value is -1.51. The number of phenolic OH excluding ortho intramolecular Hbond substituents is 1. The average molecular weight is 247 g/mol. The van der Waals surface area contributed by atoms with Gasteiger partial charge in [0.15, 0.2) is 0 Å². The van der Waals surface area contributed by atoms with Gasteiger partial charge in [0.05, 0.1) is 0 Å². The second-order valence-electron chi connectivity index (χ2n) is 6.26. The third-order valence-electron chi connectivity index (χ3n) is 4.89. The summed E-state index contributed by atoms with van der Waals surface area (Å²) in [6.45, 7) is 9.63. The molecule has 1 aliphatic rings. The molecule has 0 spiro atoms. The Bertz CT molecular complexity index is 463. The lowest BCUT2D eigenvalue weighted by Gasteiger charge is -2.06. The Morgan fingerprint density at radius 1 is 1.28 bits per heavy atom. The summed E-state index contributed by atoms with van der Waals surface area (Å²) in [4.78, 5) is 11.9. The van der Waals surface area contributed by atoms with Gasteiger partial charge in [0, 0.05) is 12.1 Å². The van der Waals surface area contributed by atoms with E-state index in [-0.39, 0.29) is 22.5 Å². The number of hydrogen-bond acceptors (Lipinski definition) is 2. The van der Waals surface area contributed by atoms with Crippen LogP contribution in [-0.4, -0.2) is 17.6 Å². The maximum atomic E-state index is 11.9. The van der Waals surface area contributed by atoms with Crippen molar-refractivity contribution in [3.63, 3.8) is 0 Å². The number of rotatable bonds is 3. The minimum atomic E-state index is -0.121. The Morgan fingerprint density at radius 3 is 2.39 bits per heavy atom. The van der Waals surface area contributed by atoms with Gasteiger partial charge in [-0.1, -0.05) is 33.8 Å². The minimum absolute atomic E-state index is 0.120. The summed E-state index contributed by atoms with van der Waals surface area (Å²) < 4.78 is 0. The van der Waals surface area contributed by atoms with Crippen LogP contribution in [0.5, 0.6) is 5.75 Å². The van der Waals surface area contributed by atoms with E-state index in [1.165, 1.54) is 6.07 Å². The first-order valence-corrected chi connectivity index (χ1v) is 6.34. The highest BCUT2D eigenvalue weighted by Gasteiger charge is 2.64. The highest BCUT2D eigenvalue weighted by molar-refractivity contribution is 5.94. The van der Waals surface area contributed by atoms with Crippen molar-refractivity contribution in [1.29, 1.82) is 0 Å². The van der Waals surface area contributed by atoms with Crippen LogP contribution in [0, 0.1) is 16.7 Å². The van der Waals surface area contributed by atoms with Crippen molar-refractivity contribution in [2.24, 2.45) is 16.7 Å². The maximum Gasteiger partial charge on any atom is 0.251 e. The summed E-state index contributed by atoms with van der Waals surface area (Å²) in [5.41, 5.74) is 1.06. The third kappa shape index (κ3) is 1.98. The Morgan fingerprint density at radius 2 is 1.89 bits per heavy atom. The van der Waals surface area contributed by atoms with E-state index < -0.39 is 0 Å². The predicted molar refractivity (Wildman–Crippen MR) is 71.5 cm³/mol. The van der Waals surface area contributed by atoms with Gasteiger partial charge in [0.25, 0.3) is 5.91 Å². The Balaban J connectivity index is 1.95. The fourth-order valence-corrected chi connectivity index (χ4v) is 2.79. The maximum absolute atomic E-state index is 11.9. The number of aromatic hydroxyl groups is 1. The van der Waals surface area contributed by atoms with Crippen LogP contribution in [0.1, 0.15) is 38.1 Å². The molecular weight excluding hydrogens is 226 g/mol. The van der Waals surface area contributed by atoms with Crippen LogP contribution < -0.4 is 5.32 Å². The molecule has 0 saturated heterocycles. The van der Waals surface area contributed by atoms with E-state index in [1.54, 1.807) is 18.2 Å². The van der Waals surface area contributed by atoms with E-state index in [0.717, 1.165) is 0 Å². The van der Waals surface area contributed by atoms with E-state index in [2.05, 4.69) is 33.0 Å². The monoisotopic (exact) mass is 247 g/mol. The molecule has 18 heavy (non-hydrogen) atoms. The van der Waals surface area contributed by atoms with E-state index in [4.69, 9.17) is 0 Å². The van der Waals surface area contributed by atoms with Crippen LogP contribution in [0.15, 0.2) is 24.3 Å². The SMILES string of the molecule is CC1(C)C(CNC(=O)c2cccc(O)c2)C1(C)C. The Labute approximate surface area is 108 Å². The number of benzene rings is 1. The first-order valence-electron chi connectivity index (χ1n) is 6.34. The van der Waals surface area contributed by atoms with Crippen molar-refractivity contribution in [3.05, 3.63) is 29.8 Å². The number of amides is 1. The molecule has 2 rings (SSSR count). The average Bonchev–Trinajstić information content (AvgIpc) is 2.66. The molecule has 0 bridgehead atoms. The molecule has 1 saturated carbocycles. The molecule has 0 atom stereocenters. The van der Waals surface area contributed by atoms with Crippen molar-refractivity contribution < 1.29 is 9.90 Å². The number of nitrogens with one attached hydrogen (secondary N) is 1. The molecule has 0 aliphatic heterocycles. The lowest BCUT2D eigenvalue weighted by atomic mass is 10.0. The zero-order valence-corrected chi connectivity index (χ0v) is 11.4. The van der Waals surface area contributed by atoms with Crippen molar-refractivity contribution in [2.45, 2.75) is 27.7 Å². The van der Waals surface area contributed by atoms with Crippen LogP contribution in [0.3, 0.4) is 0 Å². The van der Waals surface area contributed by atoms with Crippen LogP contribution in [0.25, 0.3) is 0 Å². The van der Waals surface area contributed by atoms with Gasteiger partial charge in [0.1, 0.15) is 5.75 Å². The van der Waals surface area contributed by atoms with E-state index in [0.29, 0.717) is 18.0 Å². The zero-order chi connectivity index (χ0) is 13.6. The first-order chi connectivity index (χ1) is 8.26. The summed E-state index contributed by atoms with van der Waals surface area (Å²) in [7, 11) is 0. The van der Waals surface area contributed by atoms with Crippen molar-refractivity contribution >= 4 is 5.91 Å². The molecule has 3 heteroatoms. The van der Waals surface area contributed by atoms with E-state index in [1.807, 2.05) is 0 Å². The van der Waals surface area contributed by atoms with Gasteiger partial charge in [-0.25, -0.2) is 0 Å². The fourth-order valence-electron chi connectivity index (χ4n) is 2.79. The normalized spacial score (nSPS) is 20.4. The summed E-state index contributed by atoms with van der Waals surface area (Å²) in [5, 5.41) is 12.3. The van der Waals surface area contributed by atoms with Gasteiger partial charge in [-0.3, -0.25) is 4.79 Å². The molecule has 0 aromatic heterocycles. The largest absolute Gasteiger partial charge is 0.508 e. The summed E-state index contributed by atoms with van der Waals surface area (Å²) in [6, 6.07) is 6.43. The van der Waals surface area contributed by atoms with Crippen molar-refractivity contribution in [1.82, 2.24) is 5.32 Å². The lowest BCUT2D eigenvalue weighted by Crippen LogP contribution is -2.27. The highest BCUT2D eigenvalue weighted by atomic mass is 16.3. The van der Waals surface area contributed by atoms with Crippen molar-refractivity contribution in [2.75, 3.05) is 6.54 Å². The quantitative estimate of drug-likeness (QED) is 0.863. The fraction of sp³-hybridized carbons (Fsp3) is 0.533. The van der Waals surface area contributed by atoms with Gasteiger partial charge in [0.2, 0.25) is 0 Å². The molecule has 1 aliphatic carbocycles. The molecule has 1 amide bonds. The van der Waals surface area contributed by atoms with E-state index in [9.17, 15) is 9.90 Å². The summed E-state index contributed by atoms with van der Waals surface area (Å²) in [5.74, 6) is 0.505. The molecule has 98 valence electrons. The second-order valence-corrected chi connectivity index (χ2v) is 6.26. The van der Waals surface area contributed by atoms with Gasteiger partial charge in [-0.15, -0.1) is 0 Å². The Kier molecular flexibility index (Phi) is 2.88. The second kappa shape index (κ2) is 4.01. The molecule has 1 fully saturated rings. The molecule has 2 N–H and O–H groups in total. The molecule has 3 nitrogen and oxygen atoms in total.